The van der Waals surface area contributed by atoms with Gasteiger partial charge in [0.1, 0.15) is 0 Å². The first-order valence-corrected chi connectivity index (χ1v) is 9.84. The molecule has 9 heteroatoms. The maximum atomic E-state index is 12.7. The van der Waals surface area contributed by atoms with Gasteiger partial charge in [-0.05, 0) is 44.4 Å². The van der Waals surface area contributed by atoms with Crippen molar-refractivity contribution in [1.29, 1.82) is 0 Å². The van der Waals surface area contributed by atoms with Crippen molar-refractivity contribution >= 4 is 23.3 Å². The van der Waals surface area contributed by atoms with Crippen molar-refractivity contribution in [2.45, 2.75) is 20.8 Å². The minimum atomic E-state index is -0.425. The van der Waals surface area contributed by atoms with Gasteiger partial charge < -0.3 is 18.6 Å². The molecular weight excluding hydrogens is 382 g/mol. The van der Waals surface area contributed by atoms with Crippen molar-refractivity contribution in [2.75, 3.05) is 25.1 Å². The summed E-state index contributed by atoms with van der Waals surface area (Å²) in [5.41, 5.74) is 1.13. The minimum absolute atomic E-state index is 0.0102. The molecule has 3 aromatic rings. The molecule has 0 fully saturated rings. The first-order valence-electron chi connectivity index (χ1n) is 8.90. The Bertz CT molecular complexity index is 897. The summed E-state index contributed by atoms with van der Waals surface area (Å²) in [6.07, 6.45) is 0. The average Bonchev–Trinajstić information content (AvgIpc) is 3.36. The number of hydrogen-bond acceptors (Lipinski definition) is 8. The predicted octanol–water partition coefficient (Wildman–Crippen LogP) is 4.25. The highest BCUT2D eigenvalue weighted by molar-refractivity contribution is 7.08. The molecule has 0 bridgehead atoms. The van der Waals surface area contributed by atoms with Crippen molar-refractivity contribution in [2.24, 2.45) is 0 Å². The van der Waals surface area contributed by atoms with Crippen LogP contribution in [-0.2, 0) is 0 Å². The highest BCUT2D eigenvalue weighted by atomic mass is 32.1. The van der Waals surface area contributed by atoms with Gasteiger partial charge in [-0.2, -0.15) is 11.3 Å². The first-order chi connectivity index (χ1) is 13.7. The quantitative estimate of drug-likeness (QED) is 0.571. The summed E-state index contributed by atoms with van der Waals surface area (Å²) < 4.78 is 22.4. The molecule has 8 nitrogen and oxygen atoms in total. The maximum Gasteiger partial charge on any atom is 0.322 e. The third-order valence-electron chi connectivity index (χ3n) is 3.58. The van der Waals surface area contributed by atoms with E-state index in [9.17, 15) is 4.79 Å². The molecule has 1 aromatic carbocycles. The molecule has 0 aliphatic heterocycles. The Hall–Kier alpha value is -3.07. The van der Waals surface area contributed by atoms with Crippen molar-refractivity contribution < 1.29 is 23.4 Å². The van der Waals surface area contributed by atoms with Crippen LogP contribution in [0.3, 0.4) is 0 Å². The van der Waals surface area contributed by atoms with Gasteiger partial charge >= 0.3 is 6.01 Å². The lowest BCUT2D eigenvalue weighted by Gasteiger charge is -2.16. The first kappa shape index (κ1) is 19.7. The molecule has 0 spiro atoms. The SMILES string of the molecule is CCOc1cc(C(=O)Nc2nnc(-c3ccsc3)o2)cc(OCC)c1OCC. The van der Waals surface area contributed by atoms with E-state index in [0.29, 0.717) is 48.5 Å². The number of amides is 1. The van der Waals surface area contributed by atoms with Crippen LogP contribution in [0.1, 0.15) is 31.1 Å². The lowest BCUT2D eigenvalue weighted by Crippen LogP contribution is -2.13. The molecular formula is C19H21N3O5S. The molecule has 1 N–H and O–H groups in total. The Morgan fingerprint density at radius 2 is 1.75 bits per heavy atom. The topological polar surface area (TPSA) is 95.7 Å². The van der Waals surface area contributed by atoms with Crippen LogP contribution in [0.2, 0.25) is 0 Å². The summed E-state index contributed by atoms with van der Waals surface area (Å²) in [4.78, 5) is 12.7. The largest absolute Gasteiger partial charge is 0.490 e. The Labute approximate surface area is 166 Å². The summed E-state index contributed by atoms with van der Waals surface area (Å²) in [6.45, 7) is 6.86. The maximum absolute atomic E-state index is 12.7. The Balaban J connectivity index is 1.86. The Kier molecular flexibility index (Phi) is 6.49. The van der Waals surface area contributed by atoms with E-state index in [1.165, 1.54) is 11.3 Å². The monoisotopic (exact) mass is 403 g/mol. The number of carbonyl (C=O) groups is 1. The number of rotatable bonds is 9. The van der Waals surface area contributed by atoms with E-state index in [2.05, 4.69) is 15.5 Å². The molecule has 1 amide bonds. The number of ether oxygens (including phenoxy) is 3. The summed E-state index contributed by atoms with van der Waals surface area (Å²) in [5, 5.41) is 14.2. The normalized spacial score (nSPS) is 10.5. The highest BCUT2D eigenvalue weighted by Gasteiger charge is 2.20. The molecule has 148 valence electrons. The van der Waals surface area contributed by atoms with Crippen LogP contribution in [0.5, 0.6) is 17.2 Å². The fraction of sp³-hybridized carbons (Fsp3) is 0.316. The number of thiophene rings is 1. The van der Waals surface area contributed by atoms with Gasteiger partial charge in [0.2, 0.25) is 5.75 Å². The fourth-order valence-electron chi connectivity index (χ4n) is 2.47. The van der Waals surface area contributed by atoms with E-state index in [-0.39, 0.29) is 6.01 Å². The molecule has 28 heavy (non-hydrogen) atoms. The van der Waals surface area contributed by atoms with Crippen LogP contribution < -0.4 is 19.5 Å². The van der Waals surface area contributed by atoms with Crippen LogP contribution in [0.4, 0.5) is 6.01 Å². The van der Waals surface area contributed by atoms with Gasteiger partial charge in [0.05, 0.1) is 19.8 Å². The second-order valence-corrected chi connectivity index (χ2v) is 6.26. The van der Waals surface area contributed by atoms with E-state index in [4.69, 9.17) is 18.6 Å². The molecule has 0 aliphatic carbocycles. The van der Waals surface area contributed by atoms with Gasteiger partial charge in [0.25, 0.3) is 11.8 Å². The predicted molar refractivity (Wildman–Crippen MR) is 106 cm³/mol. The van der Waals surface area contributed by atoms with E-state index in [0.717, 1.165) is 5.56 Å². The van der Waals surface area contributed by atoms with Gasteiger partial charge in [-0.3, -0.25) is 10.1 Å². The Morgan fingerprint density at radius 1 is 1.07 bits per heavy atom. The van der Waals surface area contributed by atoms with Gasteiger partial charge in [-0.25, -0.2) is 0 Å². The molecule has 2 heterocycles. The number of nitrogens with zero attached hydrogens (tertiary/aromatic N) is 2. The molecule has 0 unspecified atom stereocenters. The van der Waals surface area contributed by atoms with E-state index in [1.54, 1.807) is 12.1 Å². The zero-order valence-electron chi connectivity index (χ0n) is 15.9. The van der Waals surface area contributed by atoms with E-state index >= 15 is 0 Å². The Morgan fingerprint density at radius 3 is 2.32 bits per heavy atom. The van der Waals surface area contributed by atoms with Crippen molar-refractivity contribution in [3.05, 3.63) is 34.5 Å². The second-order valence-electron chi connectivity index (χ2n) is 5.48. The van der Waals surface area contributed by atoms with Crippen molar-refractivity contribution in [3.63, 3.8) is 0 Å². The molecule has 2 aromatic heterocycles. The lowest BCUT2D eigenvalue weighted by molar-refractivity contribution is 0.102. The van der Waals surface area contributed by atoms with Gasteiger partial charge in [0, 0.05) is 16.5 Å². The molecule has 0 saturated carbocycles. The number of nitrogens with one attached hydrogen (secondary N) is 1. The van der Waals surface area contributed by atoms with Crippen molar-refractivity contribution in [3.8, 4) is 28.7 Å². The number of hydrogen-bond donors (Lipinski definition) is 1. The van der Waals surface area contributed by atoms with Crippen LogP contribution in [0.25, 0.3) is 11.5 Å². The molecule has 0 atom stereocenters. The lowest BCUT2D eigenvalue weighted by atomic mass is 10.1. The van der Waals surface area contributed by atoms with Crippen molar-refractivity contribution in [1.82, 2.24) is 10.2 Å². The fourth-order valence-corrected chi connectivity index (χ4v) is 3.10. The third kappa shape index (κ3) is 4.42. The van der Waals surface area contributed by atoms with Crippen LogP contribution >= 0.6 is 11.3 Å². The van der Waals surface area contributed by atoms with E-state index < -0.39 is 5.91 Å². The minimum Gasteiger partial charge on any atom is -0.490 e. The standard InChI is InChI=1S/C19H21N3O5S/c1-4-24-14-9-13(10-15(25-5-2)16(14)26-6-3)17(23)20-19-22-21-18(27-19)12-7-8-28-11-12/h7-11H,4-6H2,1-3H3,(H,20,22,23). The third-order valence-corrected chi connectivity index (χ3v) is 4.27. The van der Waals surface area contributed by atoms with Gasteiger partial charge in [-0.15, -0.1) is 5.10 Å². The molecule has 3 rings (SSSR count). The zero-order valence-corrected chi connectivity index (χ0v) is 16.7. The second kappa shape index (κ2) is 9.23. The number of carbonyl (C=O) groups excluding carboxylic acids is 1. The number of aromatic nitrogens is 2. The smallest absolute Gasteiger partial charge is 0.322 e. The molecule has 0 saturated heterocycles. The molecule has 0 aliphatic rings. The number of benzene rings is 1. The van der Waals surface area contributed by atoms with E-state index in [1.807, 2.05) is 37.6 Å². The molecule has 0 radical (unpaired) electrons. The van der Waals surface area contributed by atoms with Crippen LogP contribution in [0, 0.1) is 0 Å². The average molecular weight is 403 g/mol. The summed E-state index contributed by atoms with van der Waals surface area (Å²) >= 11 is 1.52. The summed E-state index contributed by atoms with van der Waals surface area (Å²) in [7, 11) is 0. The zero-order chi connectivity index (χ0) is 19.9. The van der Waals surface area contributed by atoms with Gasteiger partial charge in [0.15, 0.2) is 11.5 Å². The van der Waals surface area contributed by atoms with Gasteiger partial charge in [-0.1, -0.05) is 5.10 Å². The van der Waals surface area contributed by atoms with Crippen LogP contribution in [-0.4, -0.2) is 35.9 Å². The number of anilines is 1. The highest BCUT2D eigenvalue weighted by Crippen LogP contribution is 2.39. The van der Waals surface area contributed by atoms with Crippen LogP contribution in [0.15, 0.2) is 33.4 Å². The summed E-state index contributed by atoms with van der Waals surface area (Å²) in [5.74, 6) is 1.26. The summed E-state index contributed by atoms with van der Waals surface area (Å²) in [6, 6.07) is 5.07.